The first kappa shape index (κ1) is 21.1. The monoisotopic (exact) mass is 429 g/mol. The Morgan fingerprint density at radius 3 is 2.83 bits per heavy atom. The summed E-state index contributed by atoms with van der Waals surface area (Å²) in [6, 6.07) is 0. The molecule has 3 rings (SSSR count). The minimum Gasteiger partial charge on any atom is -0.392 e. The van der Waals surface area contributed by atoms with Gasteiger partial charge in [0.05, 0.1) is 26.1 Å². The third kappa shape index (κ3) is 4.70. The van der Waals surface area contributed by atoms with E-state index >= 15 is 0 Å². The second-order valence-corrected chi connectivity index (χ2v) is 7.56. The van der Waals surface area contributed by atoms with Crippen LogP contribution in [0.3, 0.4) is 0 Å². The molecule has 3 atom stereocenters. The number of rotatable bonds is 10. The van der Waals surface area contributed by atoms with Crippen LogP contribution in [0.5, 0.6) is 0 Å². The lowest BCUT2D eigenvalue weighted by molar-refractivity contribution is -0.113. The number of anilines is 1. The van der Waals surface area contributed by atoms with Gasteiger partial charge in [-0.05, 0) is 0 Å². The number of nitrogens with zero attached hydrogens (tertiary/aromatic N) is 5. The van der Waals surface area contributed by atoms with Crippen LogP contribution in [0.2, 0.25) is 0 Å². The van der Waals surface area contributed by atoms with Crippen molar-refractivity contribution in [3.8, 4) is 0 Å². The Hall–Kier alpha value is -2.61. The van der Waals surface area contributed by atoms with Gasteiger partial charge >= 0.3 is 7.75 Å². The van der Waals surface area contributed by atoms with Crippen molar-refractivity contribution in [2.75, 3.05) is 32.7 Å². The van der Waals surface area contributed by atoms with Crippen LogP contribution >= 0.6 is 7.75 Å². The third-order valence-corrected chi connectivity index (χ3v) is 5.14. The number of aliphatic hydroxyl groups is 1. The van der Waals surface area contributed by atoms with Crippen molar-refractivity contribution in [1.29, 1.82) is 0 Å². The van der Waals surface area contributed by atoms with Gasteiger partial charge in [0.2, 0.25) is 5.95 Å². The molecule has 0 saturated carbocycles. The highest BCUT2D eigenvalue weighted by atomic mass is 31.2. The number of nitrogens with two attached hydrogens (primary N) is 1. The maximum Gasteiger partial charge on any atom is 0.437 e. The van der Waals surface area contributed by atoms with Gasteiger partial charge < -0.3 is 25.2 Å². The Kier molecular flexibility index (Phi) is 6.42. The van der Waals surface area contributed by atoms with Crippen LogP contribution in [0.25, 0.3) is 11.2 Å². The number of nitrogen functional groups attached to an aromatic ring is 1. The SMILES string of the molecule is COC[C@@H](COP(=O)(O)n1ccnc1)O[C@H](CO)n1cnc2c(=O)[nH]c(N)nc21. The average molecular weight is 429 g/mol. The molecule has 0 aliphatic heterocycles. The lowest BCUT2D eigenvalue weighted by atomic mass is 10.4. The minimum absolute atomic E-state index is 0.0107. The van der Waals surface area contributed by atoms with Crippen molar-refractivity contribution < 1.29 is 28.6 Å². The van der Waals surface area contributed by atoms with E-state index in [4.69, 9.17) is 19.7 Å². The molecule has 0 spiro atoms. The largest absolute Gasteiger partial charge is 0.437 e. The molecule has 158 valence electrons. The quantitative estimate of drug-likeness (QED) is 0.291. The number of ether oxygens (including phenoxy) is 2. The Morgan fingerprint density at radius 2 is 2.17 bits per heavy atom. The van der Waals surface area contributed by atoms with E-state index in [1.165, 1.54) is 30.4 Å². The van der Waals surface area contributed by atoms with Crippen LogP contribution in [0, 0.1) is 0 Å². The van der Waals surface area contributed by atoms with Crippen molar-refractivity contribution in [2.45, 2.75) is 12.3 Å². The molecule has 29 heavy (non-hydrogen) atoms. The minimum atomic E-state index is -4.18. The number of fused-ring (bicyclic) bond motifs is 1. The van der Waals surface area contributed by atoms with E-state index in [0.717, 1.165) is 10.7 Å². The van der Waals surface area contributed by atoms with E-state index < -0.39 is 32.2 Å². The van der Waals surface area contributed by atoms with Crippen LogP contribution in [-0.4, -0.2) is 71.9 Å². The fourth-order valence-electron chi connectivity index (χ4n) is 2.53. The highest BCUT2D eigenvalue weighted by Crippen LogP contribution is 2.43. The van der Waals surface area contributed by atoms with E-state index in [-0.39, 0.29) is 30.3 Å². The summed E-state index contributed by atoms with van der Waals surface area (Å²) in [7, 11) is -2.77. The molecule has 14 nitrogen and oxygen atoms in total. The normalized spacial score (nSPS) is 16.0. The number of hydrogen-bond donors (Lipinski definition) is 4. The van der Waals surface area contributed by atoms with Crippen molar-refractivity contribution in [2.24, 2.45) is 0 Å². The Balaban J connectivity index is 1.78. The molecule has 0 radical (unpaired) electrons. The second kappa shape index (κ2) is 8.82. The molecule has 0 amide bonds. The van der Waals surface area contributed by atoms with Gasteiger partial charge in [-0.3, -0.25) is 18.9 Å². The lowest BCUT2D eigenvalue weighted by Crippen LogP contribution is -2.30. The standard InChI is InChI=1S/C14H20N7O7P/c1-26-5-9(6-27-29(24,25)20-3-2-16-7-20)28-10(4-22)21-8-17-11-12(21)18-14(15)19-13(11)23/h2-3,7-10,22H,4-6H2,1H3,(H,24,25)(H3,15,18,19,23)/t9-,10+/m0/s1. The van der Waals surface area contributed by atoms with E-state index in [0.29, 0.717) is 0 Å². The van der Waals surface area contributed by atoms with E-state index in [1.54, 1.807) is 0 Å². The van der Waals surface area contributed by atoms with Crippen LogP contribution in [0.4, 0.5) is 5.95 Å². The highest BCUT2D eigenvalue weighted by Gasteiger charge is 2.27. The first-order valence-corrected chi connectivity index (χ1v) is 9.82. The maximum atomic E-state index is 12.3. The number of H-pyrrole nitrogens is 1. The third-order valence-electron chi connectivity index (χ3n) is 3.83. The number of imidazole rings is 2. The summed E-state index contributed by atoms with van der Waals surface area (Å²) in [5.74, 6) is -0.126. The number of hydrogen-bond acceptors (Lipinski definition) is 10. The van der Waals surface area contributed by atoms with Crippen LogP contribution in [0.15, 0.2) is 29.8 Å². The Bertz CT molecular complexity index is 1050. The molecule has 0 bridgehead atoms. The number of aromatic amines is 1. The van der Waals surface area contributed by atoms with Crippen LogP contribution in [0.1, 0.15) is 6.23 Å². The van der Waals surface area contributed by atoms with Gasteiger partial charge in [0.25, 0.3) is 5.56 Å². The molecular weight excluding hydrogens is 409 g/mol. The Labute approximate surface area is 163 Å². The molecule has 3 heterocycles. The molecule has 15 heteroatoms. The van der Waals surface area contributed by atoms with Crippen molar-refractivity contribution >= 4 is 24.9 Å². The lowest BCUT2D eigenvalue weighted by Gasteiger charge is -2.25. The molecule has 0 saturated heterocycles. The number of aromatic nitrogens is 6. The zero-order chi connectivity index (χ0) is 21.0. The molecule has 3 aromatic rings. The van der Waals surface area contributed by atoms with Crippen LogP contribution in [-0.2, 0) is 18.6 Å². The molecule has 0 aromatic carbocycles. The maximum absolute atomic E-state index is 12.3. The summed E-state index contributed by atoms with van der Waals surface area (Å²) < 4.78 is 30.4. The van der Waals surface area contributed by atoms with E-state index in [2.05, 4.69) is 19.9 Å². The van der Waals surface area contributed by atoms with Crippen molar-refractivity contribution in [1.82, 2.24) is 28.8 Å². The molecule has 3 aromatic heterocycles. The van der Waals surface area contributed by atoms with Crippen molar-refractivity contribution in [3.05, 3.63) is 35.4 Å². The van der Waals surface area contributed by atoms with Gasteiger partial charge in [-0.2, -0.15) is 4.98 Å². The predicted molar refractivity (Wildman–Crippen MR) is 98.8 cm³/mol. The van der Waals surface area contributed by atoms with Gasteiger partial charge in [0.15, 0.2) is 17.4 Å². The van der Waals surface area contributed by atoms with Gasteiger partial charge in [0, 0.05) is 19.5 Å². The summed E-state index contributed by atoms with van der Waals surface area (Å²) in [5, 5.41) is 9.77. The number of nitrogens with one attached hydrogen (secondary N) is 1. The molecule has 5 N–H and O–H groups in total. The number of aliphatic hydroxyl groups excluding tert-OH is 1. The summed E-state index contributed by atoms with van der Waals surface area (Å²) >= 11 is 0. The molecule has 0 fully saturated rings. The van der Waals surface area contributed by atoms with Crippen molar-refractivity contribution in [3.63, 3.8) is 0 Å². The predicted octanol–water partition coefficient (Wildman–Crippen LogP) is -0.914. The summed E-state index contributed by atoms with van der Waals surface area (Å²) in [6.07, 6.45) is 3.15. The summed E-state index contributed by atoms with van der Waals surface area (Å²) in [5.41, 5.74) is 5.15. The molecule has 0 aliphatic carbocycles. The van der Waals surface area contributed by atoms with Gasteiger partial charge in [-0.1, -0.05) is 0 Å². The summed E-state index contributed by atoms with van der Waals surface area (Å²) in [6.45, 7) is -0.860. The first-order valence-electron chi connectivity index (χ1n) is 8.29. The molecule has 0 aliphatic rings. The zero-order valence-corrected chi connectivity index (χ0v) is 16.2. The van der Waals surface area contributed by atoms with Gasteiger partial charge in [-0.25, -0.2) is 18.9 Å². The second-order valence-electron chi connectivity index (χ2n) is 5.85. The molecule has 1 unspecified atom stereocenters. The Morgan fingerprint density at radius 1 is 1.38 bits per heavy atom. The summed E-state index contributed by atoms with van der Waals surface area (Å²) in [4.78, 5) is 35.9. The average Bonchev–Trinajstić information content (AvgIpc) is 3.34. The zero-order valence-electron chi connectivity index (χ0n) is 15.3. The smallest absolute Gasteiger partial charge is 0.392 e. The van der Waals surface area contributed by atoms with Crippen LogP contribution < -0.4 is 11.3 Å². The topological polar surface area (TPSA) is 193 Å². The van der Waals surface area contributed by atoms with E-state index in [9.17, 15) is 19.4 Å². The highest BCUT2D eigenvalue weighted by molar-refractivity contribution is 7.51. The fourth-order valence-corrected chi connectivity index (χ4v) is 3.45. The molecular formula is C14H20N7O7P. The fraction of sp³-hybridized carbons (Fsp3) is 0.429. The van der Waals surface area contributed by atoms with E-state index in [1.807, 2.05) is 0 Å². The number of methoxy groups -OCH3 is 1. The van der Waals surface area contributed by atoms with Gasteiger partial charge in [0.1, 0.15) is 12.4 Å². The van der Waals surface area contributed by atoms with Gasteiger partial charge in [-0.15, -0.1) is 0 Å². The first-order chi connectivity index (χ1) is 13.9.